The number of rotatable bonds is 5. The van der Waals surface area contributed by atoms with Gasteiger partial charge in [-0.25, -0.2) is 0 Å². The molecule has 0 aliphatic rings. The summed E-state index contributed by atoms with van der Waals surface area (Å²) in [4.78, 5) is 0. The first-order chi connectivity index (χ1) is 6.86. The topological polar surface area (TPSA) is 12.0 Å². The summed E-state index contributed by atoms with van der Waals surface area (Å²) < 4.78 is 0. The maximum Gasteiger partial charge on any atom is 0.0400 e. The molecule has 1 aromatic rings. The van der Waals surface area contributed by atoms with Gasteiger partial charge in [-0.15, -0.1) is 0 Å². The Balaban J connectivity index is 2.48. The average molecular weight is 187 g/mol. The lowest BCUT2D eigenvalue weighted by atomic mass is 10.2. The molecule has 1 heteroatoms. The zero-order chi connectivity index (χ0) is 10.2. The predicted molar refractivity (Wildman–Crippen MR) is 61.9 cm³/mol. The van der Waals surface area contributed by atoms with Crippen molar-refractivity contribution in [1.82, 2.24) is 5.32 Å². The Hall–Kier alpha value is -1.50. The van der Waals surface area contributed by atoms with Crippen LogP contribution in [0.1, 0.15) is 18.9 Å². The van der Waals surface area contributed by atoms with Crippen LogP contribution in [-0.4, -0.2) is 0 Å². The summed E-state index contributed by atoms with van der Waals surface area (Å²) in [6, 6.07) is 10.3. The van der Waals surface area contributed by atoms with Gasteiger partial charge in [0, 0.05) is 12.2 Å². The van der Waals surface area contributed by atoms with Crippen LogP contribution >= 0.6 is 0 Å². The van der Waals surface area contributed by atoms with Gasteiger partial charge < -0.3 is 5.32 Å². The fourth-order valence-corrected chi connectivity index (χ4v) is 1.25. The van der Waals surface area contributed by atoms with Gasteiger partial charge in [0.1, 0.15) is 0 Å². The van der Waals surface area contributed by atoms with Gasteiger partial charge in [-0.2, -0.15) is 0 Å². The molecule has 1 N–H and O–H groups in total. The molecule has 0 aliphatic heterocycles. The average Bonchev–Trinajstić information content (AvgIpc) is 2.25. The number of hydrogen-bond acceptors (Lipinski definition) is 1. The standard InChI is InChI=1S/C13H17N/c1-3-8-13(4-2)14-11-12-9-6-5-7-10-12/h4-10,14H,2-3,11H2,1H3/b13-8+. The Morgan fingerprint density at radius 2 is 2.07 bits per heavy atom. The Bertz CT molecular complexity index is 298. The highest BCUT2D eigenvalue weighted by molar-refractivity contribution is 5.18. The monoisotopic (exact) mass is 187 g/mol. The molecule has 1 aromatic carbocycles. The van der Waals surface area contributed by atoms with E-state index < -0.39 is 0 Å². The van der Waals surface area contributed by atoms with Crippen molar-refractivity contribution in [2.45, 2.75) is 19.9 Å². The van der Waals surface area contributed by atoms with E-state index in [1.807, 2.05) is 24.3 Å². The first kappa shape index (κ1) is 10.6. The zero-order valence-electron chi connectivity index (χ0n) is 8.66. The van der Waals surface area contributed by atoms with Crippen LogP contribution in [0.3, 0.4) is 0 Å². The Kier molecular flexibility index (Phi) is 4.56. The van der Waals surface area contributed by atoms with Crippen LogP contribution in [-0.2, 0) is 6.54 Å². The highest BCUT2D eigenvalue weighted by Gasteiger charge is 1.91. The maximum absolute atomic E-state index is 3.76. The van der Waals surface area contributed by atoms with Gasteiger partial charge in [0.05, 0.1) is 0 Å². The number of benzene rings is 1. The third-order valence-corrected chi connectivity index (χ3v) is 1.98. The molecule has 74 valence electrons. The van der Waals surface area contributed by atoms with Crippen LogP contribution < -0.4 is 5.32 Å². The molecule has 14 heavy (non-hydrogen) atoms. The molecule has 0 bridgehead atoms. The molecule has 0 radical (unpaired) electrons. The van der Waals surface area contributed by atoms with Gasteiger partial charge in [0.15, 0.2) is 0 Å². The zero-order valence-corrected chi connectivity index (χ0v) is 8.66. The van der Waals surface area contributed by atoms with E-state index in [9.17, 15) is 0 Å². The minimum Gasteiger partial charge on any atom is -0.381 e. The van der Waals surface area contributed by atoms with Crippen molar-refractivity contribution >= 4 is 0 Å². The normalized spacial score (nSPS) is 11.1. The van der Waals surface area contributed by atoms with E-state index in [1.54, 1.807) is 0 Å². The molecule has 1 nitrogen and oxygen atoms in total. The fraction of sp³-hybridized carbons (Fsp3) is 0.231. The summed E-state index contributed by atoms with van der Waals surface area (Å²) in [7, 11) is 0. The summed E-state index contributed by atoms with van der Waals surface area (Å²) in [6.45, 7) is 6.74. The van der Waals surface area contributed by atoms with E-state index in [4.69, 9.17) is 0 Å². The molecule has 0 aromatic heterocycles. The van der Waals surface area contributed by atoms with E-state index in [1.165, 1.54) is 5.56 Å². The molecule has 0 unspecified atom stereocenters. The lowest BCUT2D eigenvalue weighted by Crippen LogP contribution is -2.10. The van der Waals surface area contributed by atoms with Gasteiger partial charge >= 0.3 is 0 Å². The minimum absolute atomic E-state index is 0.860. The van der Waals surface area contributed by atoms with Crippen molar-refractivity contribution in [3.63, 3.8) is 0 Å². The van der Waals surface area contributed by atoms with Gasteiger partial charge in [-0.05, 0) is 18.1 Å². The summed E-state index contributed by atoms with van der Waals surface area (Å²) in [5.74, 6) is 0. The van der Waals surface area contributed by atoms with Crippen molar-refractivity contribution in [1.29, 1.82) is 0 Å². The van der Waals surface area contributed by atoms with Crippen molar-refractivity contribution in [3.8, 4) is 0 Å². The molecule has 0 heterocycles. The van der Waals surface area contributed by atoms with E-state index in [0.717, 1.165) is 18.7 Å². The Morgan fingerprint density at radius 3 is 2.64 bits per heavy atom. The molecular weight excluding hydrogens is 170 g/mol. The smallest absolute Gasteiger partial charge is 0.0400 e. The first-order valence-corrected chi connectivity index (χ1v) is 4.97. The SMILES string of the molecule is C=C/C(=C\CC)NCc1ccccc1. The molecular formula is C13H17N. The highest BCUT2D eigenvalue weighted by atomic mass is 14.9. The summed E-state index contributed by atoms with van der Waals surface area (Å²) in [5.41, 5.74) is 2.40. The van der Waals surface area contributed by atoms with E-state index in [-0.39, 0.29) is 0 Å². The first-order valence-electron chi connectivity index (χ1n) is 4.97. The second-order valence-electron chi connectivity index (χ2n) is 3.11. The molecule has 0 saturated heterocycles. The van der Waals surface area contributed by atoms with Crippen molar-refractivity contribution < 1.29 is 0 Å². The van der Waals surface area contributed by atoms with Crippen LogP contribution in [0.5, 0.6) is 0 Å². The lowest BCUT2D eigenvalue weighted by molar-refractivity contribution is 0.827. The Labute approximate surface area is 86.2 Å². The van der Waals surface area contributed by atoms with Gasteiger partial charge in [0.25, 0.3) is 0 Å². The number of allylic oxidation sites excluding steroid dienone is 2. The quantitative estimate of drug-likeness (QED) is 0.698. The minimum atomic E-state index is 0.860. The molecule has 0 spiro atoms. The number of hydrogen-bond donors (Lipinski definition) is 1. The van der Waals surface area contributed by atoms with Gasteiger partial charge in [-0.1, -0.05) is 49.9 Å². The van der Waals surface area contributed by atoms with E-state index in [2.05, 4.69) is 37.0 Å². The molecule has 0 atom stereocenters. The largest absolute Gasteiger partial charge is 0.381 e. The Morgan fingerprint density at radius 1 is 1.36 bits per heavy atom. The summed E-state index contributed by atoms with van der Waals surface area (Å²) in [6.07, 6.45) is 5.02. The van der Waals surface area contributed by atoms with E-state index in [0.29, 0.717) is 0 Å². The van der Waals surface area contributed by atoms with Crippen LogP contribution in [0.25, 0.3) is 0 Å². The van der Waals surface area contributed by atoms with Crippen LogP contribution in [0.4, 0.5) is 0 Å². The molecule has 0 amide bonds. The van der Waals surface area contributed by atoms with Gasteiger partial charge in [-0.3, -0.25) is 0 Å². The van der Waals surface area contributed by atoms with Crippen LogP contribution in [0, 0.1) is 0 Å². The second kappa shape index (κ2) is 6.03. The maximum atomic E-state index is 3.76. The highest BCUT2D eigenvalue weighted by Crippen LogP contribution is 2.00. The van der Waals surface area contributed by atoms with Gasteiger partial charge in [0.2, 0.25) is 0 Å². The molecule has 1 rings (SSSR count). The van der Waals surface area contributed by atoms with Crippen molar-refractivity contribution in [2.75, 3.05) is 0 Å². The predicted octanol–water partition coefficient (Wildman–Crippen LogP) is 3.26. The van der Waals surface area contributed by atoms with Crippen LogP contribution in [0.15, 0.2) is 54.8 Å². The van der Waals surface area contributed by atoms with Crippen molar-refractivity contribution in [2.24, 2.45) is 0 Å². The lowest BCUT2D eigenvalue weighted by Gasteiger charge is -2.06. The number of nitrogens with one attached hydrogen (secondary N) is 1. The molecule has 0 saturated carbocycles. The molecule has 0 fully saturated rings. The van der Waals surface area contributed by atoms with Crippen molar-refractivity contribution in [3.05, 3.63) is 60.3 Å². The van der Waals surface area contributed by atoms with E-state index >= 15 is 0 Å². The third kappa shape index (κ3) is 3.48. The molecule has 0 aliphatic carbocycles. The van der Waals surface area contributed by atoms with Crippen LogP contribution in [0.2, 0.25) is 0 Å². The fourth-order valence-electron chi connectivity index (χ4n) is 1.25. The summed E-state index contributed by atoms with van der Waals surface area (Å²) >= 11 is 0. The summed E-state index contributed by atoms with van der Waals surface area (Å²) in [5, 5.41) is 3.33. The third-order valence-electron chi connectivity index (χ3n) is 1.98. The second-order valence-corrected chi connectivity index (χ2v) is 3.11.